The summed E-state index contributed by atoms with van der Waals surface area (Å²) in [5.41, 5.74) is 2.56. The van der Waals surface area contributed by atoms with Gasteiger partial charge >= 0.3 is 11.9 Å². The summed E-state index contributed by atoms with van der Waals surface area (Å²) in [5.74, 6) is -1.26. The fourth-order valence-electron chi connectivity index (χ4n) is 5.84. The summed E-state index contributed by atoms with van der Waals surface area (Å²) in [7, 11) is 0.470. The Kier molecular flexibility index (Phi) is 11.8. The van der Waals surface area contributed by atoms with Crippen molar-refractivity contribution in [1.82, 2.24) is 4.90 Å². The van der Waals surface area contributed by atoms with Crippen LogP contribution in [0.4, 0.5) is 5.69 Å². The average molecular weight is 603 g/mol. The standard InChI is InChI=1S/C32H46N2O7S/c1-5-6-16-32(2)20-28(27-19-25(33(3)4)12-15-29(27)42(39,40)23-32)24-10-13-26(14-11-24)41-18-9-7-8-17-34(21-30(35)36)22-31(37)38/h10-15,19,28H,5-9,16-18,20-23H2,1-4H3,(H,35,36)(H,37,38)/t28-,32?/m1/s1. The molecule has 3 rings (SSSR count). The van der Waals surface area contributed by atoms with Gasteiger partial charge in [-0.1, -0.05) is 38.8 Å². The van der Waals surface area contributed by atoms with Crippen molar-refractivity contribution in [3.8, 4) is 5.75 Å². The lowest BCUT2D eigenvalue weighted by Crippen LogP contribution is -2.35. The third-order valence-corrected chi connectivity index (χ3v) is 10.1. The van der Waals surface area contributed by atoms with Crippen molar-refractivity contribution in [3.63, 3.8) is 0 Å². The van der Waals surface area contributed by atoms with Gasteiger partial charge in [0.1, 0.15) is 5.75 Å². The first-order valence-electron chi connectivity index (χ1n) is 14.8. The second-order valence-corrected chi connectivity index (χ2v) is 14.0. The predicted molar refractivity (Wildman–Crippen MR) is 164 cm³/mol. The number of unbranched alkanes of at least 4 members (excludes halogenated alkanes) is 3. The Balaban J connectivity index is 1.70. The maximum atomic E-state index is 13.6. The second-order valence-electron chi connectivity index (χ2n) is 12.0. The molecule has 2 aromatic rings. The highest BCUT2D eigenvalue weighted by molar-refractivity contribution is 7.91. The summed E-state index contributed by atoms with van der Waals surface area (Å²) in [6.07, 6.45) is 5.84. The van der Waals surface area contributed by atoms with Gasteiger partial charge in [-0.25, -0.2) is 8.42 Å². The lowest BCUT2D eigenvalue weighted by atomic mass is 9.74. The smallest absolute Gasteiger partial charge is 0.317 e. The third-order valence-electron chi connectivity index (χ3n) is 7.98. The summed E-state index contributed by atoms with van der Waals surface area (Å²) in [6.45, 7) is 4.56. The molecule has 0 saturated heterocycles. The van der Waals surface area contributed by atoms with E-state index in [9.17, 15) is 18.0 Å². The van der Waals surface area contributed by atoms with Gasteiger partial charge in [-0.3, -0.25) is 14.5 Å². The van der Waals surface area contributed by atoms with E-state index in [0.717, 1.165) is 61.1 Å². The van der Waals surface area contributed by atoms with Gasteiger partial charge in [-0.2, -0.15) is 0 Å². The monoisotopic (exact) mass is 602 g/mol. The normalized spacial score (nSPS) is 19.6. The highest BCUT2D eigenvalue weighted by Gasteiger charge is 2.40. The highest BCUT2D eigenvalue weighted by atomic mass is 32.2. The van der Waals surface area contributed by atoms with Crippen molar-refractivity contribution in [3.05, 3.63) is 53.6 Å². The number of carboxylic acids is 2. The van der Waals surface area contributed by atoms with Gasteiger partial charge in [-0.15, -0.1) is 0 Å². The average Bonchev–Trinajstić information content (AvgIpc) is 3.00. The van der Waals surface area contributed by atoms with Crippen molar-refractivity contribution in [2.45, 2.75) is 69.6 Å². The van der Waals surface area contributed by atoms with Crippen LogP contribution in [0.5, 0.6) is 5.75 Å². The Labute approximate surface area is 250 Å². The van der Waals surface area contributed by atoms with Gasteiger partial charge in [0.25, 0.3) is 0 Å². The zero-order valence-electron chi connectivity index (χ0n) is 25.3. The molecule has 232 valence electrons. The van der Waals surface area contributed by atoms with E-state index >= 15 is 0 Å². The molecule has 42 heavy (non-hydrogen) atoms. The molecule has 1 unspecified atom stereocenters. The van der Waals surface area contributed by atoms with Crippen molar-refractivity contribution in [2.24, 2.45) is 5.41 Å². The van der Waals surface area contributed by atoms with Gasteiger partial charge in [0, 0.05) is 25.7 Å². The van der Waals surface area contributed by atoms with Crippen molar-refractivity contribution in [2.75, 3.05) is 51.0 Å². The molecule has 0 saturated carbocycles. The van der Waals surface area contributed by atoms with Gasteiger partial charge in [0.05, 0.1) is 30.3 Å². The number of rotatable bonds is 16. The van der Waals surface area contributed by atoms with Crippen LogP contribution in [0.15, 0.2) is 47.4 Å². The van der Waals surface area contributed by atoms with E-state index < -0.39 is 21.8 Å². The quantitative estimate of drug-likeness (QED) is 0.247. The van der Waals surface area contributed by atoms with Crippen LogP contribution in [0.3, 0.4) is 0 Å². The van der Waals surface area contributed by atoms with Gasteiger partial charge in [-0.05, 0) is 85.5 Å². The predicted octanol–water partition coefficient (Wildman–Crippen LogP) is 5.28. The topological polar surface area (TPSA) is 124 Å². The molecule has 2 atom stereocenters. The van der Waals surface area contributed by atoms with Crippen LogP contribution >= 0.6 is 0 Å². The molecular formula is C32H46N2O7S. The molecule has 0 spiro atoms. The van der Waals surface area contributed by atoms with Crippen LogP contribution in [0.2, 0.25) is 0 Å². The van der Waals surface area contributed by atoms with Crippen LogP contribution in [-0.2, 0) is 19.4 Å². The molecule has 2 aromatic carbocycles. The van der Waals surface area contributed by atoms with Crippen molar-refractivity contribution in [1.29, 1.82) is 0 Å². The van der Waals surface area contributed by atoms with E-state index in [-0.39, 0.29) is 30.2 Å². The minimum absolute atomic E-state index is 0.0624. The summed E-state index contributed by atoms with van der Waals surface area (Å²) in [4.78, 5) is 25.7. The first-order valence-corrected chi connectivity index (χ1v) is 16.4. The maximum absolute atomic E-state index is 13.6. The summed E-state index contributed by atoms with van der Waals surface area (Å²) in [6, 6.07) is 13.7. The molecule has 0 bridgehead atoms. The molecular weight excluding hydrogens is 556 g/mol. The Morgan fingerprint density at radius 2 is 1.64 bits per heavy atom. The molecule has 0 fully saturated rings. The fourth-order valence-corrected chi connectivity index (χ4v) is 8.01. The first-order chi connectivity index (χ1) is 19.8. The number of nitrogens with zero attached hydrogens (tertiary/aromatic N) is 2. The van der Waals surface area contributed by atoms with Crippen LogP contribution < -0.4 is 9.64 Å². The third kappa shape index (κ3) is 9.46. The molecule has 0 radical (unpaired) electrons. The molecule has 0 aromatic heterocycles. The number of carboxylic acid groups (broad SMARTS) is 2. The fraction of sp³-hybridized carbons (Fsp3) is 0.562. The summed E-state index contributed by atoms with van der Waals surface area (Å²) in [5, 5.41) is 17.9. The number of aliphatic carboxylic acids is 2. The molecule has 1 aliphatic rings. The van der Waals surface area contributed by atoms with E-state index in [0.29, 0.717) is 24.5 Å². The molecule has 0 amide bonds. The number of hydrogen-bond donors (Lipinski definition) is 2. The number of fused-ring (bicyclic) bond motifs is 1. The maximum Gasteiger partial charge on any atom is 0.317 e. The van der Waals surface area contributed by atoms with E-state index in [1.165, 1.54) is 4.90 Å². The molecule has 1 heterocycles. The van der Waals surface area contributed by atoms with Crippen molar-refractivity contribution < 1.29 is 33.0 Å². The molecule has 9 nitrogen and oxygen atoms in total. The first kappa shape index (κ1) is 33.4. The molecule has 2 N–H and O–H groups in total. The van der Waals surface area contributed by atoms with Gasteiger partial charge in [0.15, 0.2) is 9.84 Å². The van der Waals surface area contributed by atoms with E-state index in [2.05, 4.69) is 13.8 Å². The Hall–Kier alpha value is -3.11. The summed E-state index contributed by atoms with van der Waals surface area (Å²) >= 11 is 0. The minimum atomic E-state index is -3.45. The minimum Gasteiger partial charge on any atom is -0.494 e. The van der Waals surface area contributed by atoms with E-state index in [1.807, 2.05) is 55.4 Å². The summed E-state index contributed by atoms with van der Waals surface area (Å²) < 4.78 is 33.2. The van der Waals surface area contributed by atoms with Crippen molar-refractivity contribution >= 4 is 27.5 Å². The van der Waals surface area contributed by atoms with Gasteiger partial charge < -0.3 is 19.8 Å². The number of sulfone groups is 1. The number of benzene rings is 2. The number of hydrogen-bond acceptors (Lipinski definition) is 7. The van der Waals surface area contributed by atoms with Gasteiger partial charge in [0.2, 0.25) is 0 Å². The Bertz CT molecular complexity index is 1290. The van der Waals surface area contributed by atoms with Crippen LogP contribution in [0, 0.1) is 5.41 Å². The molecule has 10 heteroatoms. The Morgan fingerprint density at radius 3 is 2.24 bits per heavy atom. The van der Waals surface area contributed by atoms with E-state index in [4.69, 9.17) is 14.9 Å². The van der Waals surface area contributed by atoms with E-state index in [1.54, 1.807) is 6.07 Å². The van der Waals surface area contributed by atoms with Crippen LogP contribution in [0.25, 0.3) is 0 Å². The SMILES string of the molecule is CCCCC1(C)C[C@H](c2ccc(OCCCCCN(CC(=O)O)CC(=O)O)cc2)c2cc(N(C)C)ccc2S(=O)(=O)C1. The Morgan fingerprint density at radius 1 is 0.976 bits per heavy atom. The largest absolute Gasteiger partial charge is 0.494 e. The zero-order chi connectivity index (χ0) is 30.9. The molecule has 0 aliphatic carbocycles. The van der Waals surface area contributed by atoms with Crippen LogP contribution in [0.1, 0.15) is 75.8 Å². The van der Waals surface area contributed by atoms with Crippen LogP contribution in [-0.4, -0.2) is 81.6 Å². The number of anilines is 1. The second kappa shape index (κ2) is 14.9. The highest BCUT2D eigenvalue weighted by Crippen LogP contribution is 2.47. The lowest BCUT2D eigenvalue weighted by Gasteiger charge is -2.31. The lowest BCUT2D eigenvalue weighted by molar-refractivity contribution is -0.141. The number of carbonyl (C=O) groups is 2. The molecule has 1 aliphatic heterocycles. The number of ether oxygens (including phenoxy) is 1. The zero-order valence-corrected chi connectivity index (χ0v) is 26.2.